The summed E-state index contributed by atoms with van der Waals surface area (Å²) in [6.45, 7) is 4.32. The topological polar surface area (TPSA) is 46.5 Å². The molecule has 1 aliphatic carbocycles. The van der Waals surface area contributed by atoms with Crippen LogP contribution < -0.4 is 0 Å². The lowest BCUT2D eigenvalue weighted by Crippen LogP contribution is -2.31. The summed E-state index contributed by atoms with van der Waals surface area (Å²) in [5.74, 6) is -0.188. The van der Waals surface area contributed by atoms with Crippen LogP contribution in [-0.2, 0) is 9.53 Å². The van der Waals surface area contributed by atoms with Crippen LogP contribution in [0.5, 0.6) is 0 Å². The Balaban J connectivity index is 2.46. The molecule has 0 spiro atoms. The normalized spacial score (nSPS) is 39.0. The Labute approximate surface area is 77.4 Å². The van der Waals surface area contributed by atoms with Crippen molar-refractivity contribution in [3.05, 3.63) is 11.1 Å². The van der Waals surface area contributed by atoms with Crippen molar-refractivity contribution in [3.63, 3.8) is 0 Å². The molecule has 0 amide bonds. The second kappa shape index (κ2) is 2.58. The van der Waals surface area contributed by atoms with Crippen molar-refractivity contribution < 1.29 is 14.6 Å². The number of hydrogen-bond acceptors (Lipinski definition) is 3. The summed E-state index contributed by atoms with van der Waals surface area (Å²) < 4.78 is 5.01. The lowest BCUT2D eigenvalue weighted by Gasteiger charge is -2.31. The van der Waals surface area contributed by atoms with Crippen molar-refractivity contribution in [1.82, 2.24) is 0 Å². The lowest BCUT2D eigenvalue weighted by molar-refractivity contribution is -0.135. The average molecular weight is 182 g/mol. The van der Waals surface area contributed by atoms with Crippen molar-refractivity contribution in [2.24, 2.45) is 5.41 Å². The van der Waals surface area contributed by atoms with E-state index in [1.165, 1.54) is 0 Å². The van der Waals surface area contributed by atoms with Gasteiger partial charge in [0.05, 0.1) is 6.10 Å². The van der Waals surface area contributed by atoms with Gasteiger partial charge in [-0.3, -0.25) is 0 Å². The van der Waals surface area contributed by atoms with E-state index < -0.39 is 0 Å². The fourth-order valence-corrected chi connectivity index (χ4v) is 2.51. The Morgan fingerprint density at radius 1 is 1.62 bits per heavy atom. The van der Waals surface area contributed by atoms with Crippen LogP contribution in [0.15, 0.2) is 11.1 Å². The van der Waals surface area contributed by atoms with E-state index in [0.717, 1.165) is 11.1 Å². The van der Waals surface area contributed by atoms with Crippen molar-refractivity contribution in [2.45, 2.75) is 32.8 Å². The van der Waals surface area contributed by atoms with Gasteiger partial charge in [0.2, 0.25) is 0 Å². The lowest BCUT2D eigenvalue weighted by atomic mass is 9.72. The summed E-state index contributed by atoms with van der Waals surface area (Å²) in [5, 5.41) is 9.58. The van der Waals surface area contributed by atoms with Crippen LogP contribution in [0.1, 0.15) is 26.7 Å². The maximum Gasteiger partial charge on any atom is 0.334 e. The van der Waals surface area contributed by atoms with Gasteiger partial charge in [0.25, 0.3) is 0 Å². The molecular weight excluding hydrogens is 168 g/mol. The Kier molecular flexibility index (Phi) is 1.74. The molecule has 0 aromatic carbocycles. The van der Waals surface area contributed by atoms with Crippen LogP contribution in [0.25, 0.3) is 0 Å². The number of rotatable bonds is 0. The molecule has 2 rings (SSSR count). The molecule has 0 aromatic heterocycles. The van der Waals surface area contributed by atoms with Crippen LogP contribution in [0.2, 0.25) is 0 Å². The highest BCUT2D eigenvalue weighted by molar-refractivity contribution is 5.93. The van der Waals surface area contributed by atoms with Gasteiger partial charge in [0.1, 0.15) is 6.61 Å². The Hall–Kier alpha value is -0.830. The predicted molar refractivity (Wildman–Crippen MR) is 47.0 cm³/mol. The summed E-state index contributed by atoms with van der Waals surface area (Å²) in [5.41, 5.74) is 1.56. The molecule has 0 radical (unpaired) electrons. The summed E-state index contributed by atoms with van der Waals surface area (Å²) >= 11 is 0. The van der Waals surface area contributed by atoms with E-state index in [9.17, 15) is 9.90 Å². The van der Waals surface area contributed by atoms with E-state index in [-0.39, 0.29) is 17.5 Å². The van der Waals surface area contributed by atoms with Crippen molar-refractivity contribution in [2.75, 3.05) is 6.61 Å². The zero-order chi connectivity index (χ0) is 9.64. The van der Waals surface area contributed by atoms with Crippen LogP contribution in [0, 0.1) is 5.41 Å². The number of aliphatic hydroxyl groups is 1. The number of carbonyl (C=O) groups excluding carboxylic acids is 1. The van der Waals surface area contributed by atoms with Gasteiger partial charge in [-0.1, -0.05) is 12.5 Å². The molecular formula is C10H14O3. The number of esters is 1. The first-order valence-corrected chi connectivity index (χ1v) is 4.58. The van der Waals surface area contributed by atoms with E-state index in [1.54, 1.807) is 0 Å². The van der Waals surface area contributed by atoms with Gasteiger partial charge in [-0.2, -0.15) is 0 Å². The maximum atomic E-state index is 11.4. The second-order valence-corrected chi connectivity index (χ2v) is 4.35. The summed E-state index contributed by atoms with van der Waals surface area (Å²) in [7, 11) is 0. The highest BCUT2D eigenvalue weighted by Gasteiger charge is 2.46. The minimum atomic E-state index is -0.316. The van der Waals surface area contributed by atoms with Gasteiger partial charge in [-0.15, -0.1) is 0 Å². The zero-order valence-corrected chi connectivity index (χ0v) is 7.96. The fourth-order valence-electron chi connectivity index (χ4n) is 2.51. The standard InChI is InChI=1S/C10H14O3/c1-6-3-7(11)4-10(2)5-13-9(12)8(6)10/h7,11H,3-5H2,1-2H3/t7-,10+/m1/s1. The first-order chi connectivity index (χ1) is 6.03. The van der Waals surface area contributed by atoms with Crippen molar-refractivity contribution in [1.29, 1.82) is 0 Å². The van der Waals surface area contributed by atoms with E-state index in [4.69, 9.17) is 4.74 Å². The second-order valence-electron chi connectivity index (χ2n) is 4.35. The minimum absolute atomic E-state index is 0.188. The molecule has 72 valence electrons. The maximum absolute atomic E-state index is 11.4. The van der Waals surface area contributed by atoms with Gasteiger partial charge in [0, 0.05) is 11.0 Å². The van der Waals surface area contributed by atoms with Crippen LogP contribution in [0.4, 0.5) is 0 Å². The molecule has 13 heavy (non-hydrogen) atoms. The molecule has 1 fully saturated rings. The molecule has 0 unspecified atom stereocenters. The van der Waals surface area contributed by atoms with Gasteiger partial charge < -0.3 is 9.84 Å². The molecule has 2 aliphatic rings. The van der Waals surface area contributed by atoms with E-state index in [2.05, 4.69) is 0 Å². The predicted octanol–water partition coefficient (Wildman–Crippen LogP) is 1.02. The Bertz CT molecular complexity index is 293. The summed E-state index contributed by atoms with van der Waals surface area (Å²) in [6, 6.07) is 0. The first-order valence-electron chi connectivity index (χ1n) is 4.58. The Morgan fingerprint density at radius 3 is 3.00 bits per heavy atom. The van der Waals surface area contributed by atoms with E-state index >= 15 is 0 Å². The third kappa shape index (κ3) is 1.18. The third-order valence-corrected chi connectivity index (χ3v) is 2.98. The number of aliphatic hydroxyl groups excluding tert-OH is 1. The average Bonchev–Trinajstić information content (AvgIpc) is 2.26. The van der Waals surface area contributed by atoms with Crippen molar-refractivity contribution >= 4 is 5.97 Å². The Morgan fingerprint density at radius 2 is 2.31 bits per heavy atom. The third-order valence-electron chi connectivity index (χ3n) is 2.98. The molecule has 1 saturated heterocycles. The molecule has 0 saturated carbocycles. The van der Waals surface area contributed by atoms with Crippen molar-refractivity contribution in [3.8, 4) is 0 Å². The summed E-state index contributed by atoms with van der Waals surface area (Å²) in [4.78, 5) is 11.4. The van der Waals surface area contributed by atoms with Crippen LogP contribution in [-0.4, -0.2) is 23.8 Å². The molecule has 0 aromatic rings. The molecule has 3 nitrogen and oxygen atoms in total. The number of fused-ring (bicyclic) bond motifs is 1. The number of cyclic esters (lactones) is 1. The largest absolute Gasteiger partial charge is 0.461 e. The number of ether oxygens (including phenoxy) is 1. The van der Waals surface area contributed by atoms with E-state index in [0.29, 0.717) is 19.4 Å². The van der Waals surface area contributed by atoms with Gasteiger partial charge >= 0.3 is 5.97 Å². The molecule has 1 aliphatic heterocycles. The van der Waals surface area contributed by atoms with Gasteiger partial charge in [-0.05, 0) is 19.8 Å². The van der Waals surface area contributed by atoms with Crippen LogP contribution in [0.3, 0.4) is 0 Å². The molecule has 3 heteroatoms. The molecule has 1 N–H and O–H groups in total. The first kappa shape index (κ1) is 8.75. The highest BCUT2D eigenvalue weighted by atomic mass is 16.5. The number of hydrogen-bond donors (Lipinski definition) is 1. The monoisotopic (exact) mass is 182 g/mol. The van der Waals surface area contributed by atoms with Crippen LogP contribution >= 0.6 is 0 Å². The zero-order valence-electron chi connectivity index (χ0n) is 7.96. The highest BCUT2D eigenvalue weighted by Crippen LogP contribution is 2.45. The SMILES string of the molecule is CC1=C2C(=O)OC[C@]2(C)C[C@H](O)C1. The summed E-state index contributed by atoms with van der Waals surface area (Å²) in [6.07, 6.45) is 0.939. The fraction of sp³-hybridized carbons (Fsp3) is 0.700. The minimum Gasteiger partial charge on any atom is -0.461 e. The quantitative estimate of drug-likeness (QED) is 0.569. The molecule has 2 atom stereocenters. The smallest absolute Gasteiger partial charge is 0.334 e. The van der Waals surface area contributed by atoms with Gasteiger partial charge in [0.15, 0.2) is 0 Å². The van der Waals surface area contributed by atoms with Gasteiger partial charge in [-0.25, -0.2) is 4.79 Å². The molecule has 1 heterocycles. The number of carbonyl (C=O) groups is 1. The van der Waals surface area contributed by atoms with E-state index in [1.807, 2.05) is 13.8 Å². The molecule has 0 bridgehead atoms.